The Labute approximate surface area is 456 Å². The van der Waals surface area contributed by atoms with Crippen molar-refractivity contribution in [2.45, 2.75) is 51.4 Å². The van der Waals surface area contributed by atoms with Crippen molar-refractivity contribution in [3.63, 3.8) is 0 Å². The summed E-state index contributed by atoms with van der Waals surface area (Å²) in [6.07, 6.45) is 15.8. The third-order valence-electron chi connectivity index (χ3n) is 12.9. The number of esters is 1. The van der Waals surface area contributed by atoms with Crippen molar-refractivity contribution in [2.24, 2.45) is 17.3 Å². The van der Waals surface area contributed by atoms with Crippen LogP contribution in [0.25, 0.3) is 24.3 Å². The van der Waals surface area contributed by atoms with Crippen molar-refractivity contribution in [3.05, 3.63) is 165 Å². The highest BCUT2D eigenvalue weighted by Crippen LogP contribution is 2.50. The van der Waals surface area contributed by atoms with E-state index in [1.54, 1.807) is 41.7 Å². The van der Waals surface area contributed by atoms with Gasteiger partial charge in [-0.2, -0.15) is 0 Å². The highest BCUT2D eigenvalue weighted by atomic mass is 32.2. The Morgan fingerprint density at radius 3 is 1.67 bits per heavy atom. The molecule has 2 saturated heterocycles. The van der Waals surface area contributed by atoms with E-state index in [0.29, 0.717) is 34.1 Å². The number of rotatable bonds is 15. The van der Waals surface area contributed by atoms with Crippen LogP contribution in [-0.2, 0) is 35.3 Å². The number of nitrogens with zero attached hydrogens (tertiary/aromatic N) is 6. The number of hydrogen-bond donors (Lipinski definition) is 0. The standard InChI is InChI=1S/C27H31N3O3S.C16H15NO6S2.C15H16N2/c1-27(2,3)22-24(31)30-23(26(32)33)20(17-34-25(22)30)16-29-14-12-19(13-15-29)7-6-18-8-10-21(11-9-18)28(4)5;1-8(18)23-6-9-7-25-15-10(5-11(19)12-3-2-4-24-12)14(20)17(15)13(9)16(21)22;1-17(2)15-7-5-13(6-8-15)3-4-14-9-11-16-12-10-14/h6-15,22,25H,16-17H2,1-5H3;2-4,10,15H,5-7H2,1H3,(H,21,22);3-12H,1-2H3/p-1/b;;4-3+. The van der Waals surface area contributed by atoms with Crippen molar-refractivity contribution < 1.29 is 48.3 Å². The number of anilines is 2. The Kier molecular flexibility index (Phi) is 18.6. The fourth-order valence-electron chi connectivity index (χ4n) is 8.83. The summed E-state index contributed by atoms with van der Waals surface area (Å²) in [5.41, 5.74) is 7.54. The summed E-state index contributed by atoms with van der Waals surface area (Å²) in [6.45, 7) is 7.51. The number of carbonyl (C=O) groups is 6. The van der Waals surface area contributed by atoms with Crippen LogP contribution in [0, 0.1) is 17.3 Å². The fraction of sp³-hybridized carbons (Fsp3) is 0.310. The Morgan fingerprint density at radius 2 is 1.18 bits per heavy atom. The zero-order chi connectivity index (χ0) is 54.8. The van der Waals surface area contributed by atoms with Crippen molar-refractivity contribution in [1.82, 2.24) is 14.8 Å². The number of carboxylic acid groups (broad SMARTS) is 2. The minimum atomic E-state index is -1.48. The number of ether oxygens (including phenoxy) is 1. The first kappa shape index (κ1) is 56.4. The van der Waals surface area contributed by atoms with Gasteiger partial charge >= 0.3 is 5.97 Å². The number of ketones is 1. The number of carbonyl (C=O) groups excluding carboxylic acids is 6. The van der Waals surface area contributed by atoms with E-state index in [1.165, 1.54) is 46.2 Å². The lowest BCUT2D eigenvalue weighted by Crippen LogP contribution is -2.66. The number of benzene rings is 2. The number of thioether (sulfide) groups is 2. The molecule has 0 bridgehead atoms. The van der Waals surface area contributed by atoms with E-state index in [-0.39, 0.29) is 52.8 Å². The van der Waals surface area contributed by atoms with Crippen LogP contribution in [0.15, 0.2) is 138 Å². The molecule has 0 spiro atoms. The third-order valence-corrected chi connectivity index (χ3v) is 16.6. The van der Waals surface area contributed by atoms with Gasteiger partial charge < -0.3 is 34.3 Å². The Morgan fingerprint density at radius 1 is 0.697 bits per heavy atom. The van der Waals surface area contributed by atoms with Gasteiger partial charge in [0, 0.05) is 100 Å². The van der Waals surface area contributed by atoms with Crippen LogP contribution in [0.3, 0.4) is 0 Å². The Hall–Kier alpha value is -7.28. The van der Waals surface area contributed by atoms with E-state index in [9.17, 15) is 39.0 Å². The number of aromatic nitrogens is 2. The van der Waals surface area contributed by atoms with Crippen LogP contribution in [-0.4, -0.2) is 107 Å². The van der Waals surface area contributed by atoms with Gasteiger partial charge in [0.15, 0.2) is 24.7 Å². The number of amides is 2. The molecule has 4 atom stereocenters. The van der Waals surface area contributed by atoms with Crippen molar-refractivity contribution in [2.75, 3.05) is 56.1 Å². The number of carboxylic acids is 2. The van der Waals surface area contributed by atoms with Gasteiger partial charge in [-0.05, 0) is 75.5 Å². The van der Waals surface area contributed by atoms with Crippen molar-refractivity contribution in [1.29, 1.82) is 0 Å². The minimum Gasteiger partial charge on any atom is -0.543 e. The second-order valence-electron chi connectivity index (χ2n) is 19.9. The Bertz CT molecular complexity index is 3040. The number of fused-ring (bicyclic) bond motifs is 2. The van der Waals surface area contributed by atoms with E-state index in [0.717, 1.165) is 27.3 Å². The molecule has 4 unspecified atom stereocenters. The summed E-state index contributed by atoms with van der Waals surface area (Å²) in [7, 11) is 8.12. The molecule has 2 fully saturated rings. The molecular weight excluding hydrogens is 1020 g/mol. The molecule has 3 aromatic heterocycles. The number of thiophene rings is 1. The number of β-lactam (4-membered cyclic amide) rings is 2. The first-order valence-corrected chi connectivity index (χ1v) is 27.5. The first-order valence-electron chi connectivity index (χ1n) is 24.5. The van der Waals surface area contributed by atoms with Gasteiger partial charge in [0.2, 0.25) is 11.8 Å². The lowest BCUT2D eigenvalue weighted by molar-refractivity contribution is -0.689. The summed E-state index contributed by atoms with van der Waals surface area (Å²) >= 11 is 4.31. The molecule has 4 aliphatic rings. The van der Waals surface area contributed by atoms with Gasteiger partial charge in [-0.1, -0.05) is 75.4 Å². The topological polar surface area (TPSA) is 188 Å². The van der Waals surface area contributed by atoms with Crippen LogP contribution >= 0.6 is 34.9 Å². The van der Waals surface area contributed by atoms with E-state index in [4.69, 9.17) is 4.74 Å². The molecule has 0 N–H and O–H groups in total. The second kappa shape index (κ2) is 25.0. The van der Waals surface area contributed by atoms with Crippen LogP contribution in [0.2, 0.25) is 0 Å². The summed E-state index contributed by atoms with van der Waals surface area (Å²) in [5.74, 6) is -3.81. The molecular formula is C58H61N6O9S3-. The quantitative estimate of drug-likeness (QED) is 0.0477. The number of aliphatic carboxylic acids is 2. The molecule has 0 radical (unpaired) electrons. The number of Topliss-reactive ketones (excluding diaryl/α,β-unsaturated/α-hetero) is 1. The average molecular weight is 1080 g/mol. The predicted molar refractivity (Wildman–Crippen MR) is 297 cm³/mol. The normalized spacial score (nSPS) is 18.8. The molecule has 15 nitrogen and oxygen atoms in total. The minimum absolute atomic E-state index is 0.0480. The lowest BCUT2D eigenvalue weighted by atomic mass is 9.74. The highest BCUT2D eigenvalue weighted by molar-refractivity contribution is 8.00. The molecule has 2 aromatic carbocycles. The lowest BCUT2D eigenvalue weighted by Gasteiger charge is -2.54. The summed E-state index contributed by atoms with van der Waals surface area (Å²) in [5, 5.41) is 24.7. The zero-order valence-corrected chi connectivity index (χ0v) is 46.2. The van der Waals surface area contributed by atoms with Gasteiger partial charge in [0.1, 0.15) is 6.61 Å². The third kappa shape index (κ3) is 13.8. The largest absolute Gasteiger partial charge is 0.543 e. The summed E-state index contributed by atoms with van der Waals surface area (Å²) in [4.78, 5) is 83.2. The SMILES string of the molecule is CC(=O)OCC1=C(C(=O)[O-])N2C(=O)C(CC(=O)c3cccs3)C2SC1.CN(C)c1ccc(/C=C/c2cc[n+](CC3=C(C(=O)[O-])N4C(=O)C(C(C)(C)C)C4SC3)cc2)cc1.CN(C)c1ccc(/C=C/c2ccncc2)cc1. The van der Waals surface area contributed by atoms with Crippen LogP contribution in [0.5, 0.6) is 0 Å². The van der Waals surface area contributed by atoms with E-state index in [2.05, 4.69) is 81.5 Å². The van der Waals surface area contributed by atoms with Crippen LogP contribution in [0.4, 0.5) is 11.4 Å². The maximum absolute atomic E-state index is 12.8. The van der Waals surface area contributed by atoms with E-state index in [1.807, 2.05) is 96.3 Å². The molecule has 0 saturated carbocycles. The average Bonchev–Trinajstić information content (AvgIpc) is 3.96. The highest BCUT2D eigenvalue weighted by Gasteiger charge is 2.57. The molecule has 9 rings (SSSR count). The monoisotopic (exact) mass is 1080 g/mol. The maximum atomic E-state index is 12.8. The predicted octanol–water partition coefficient (Wildman–Crippen LogP) is 6.53. The van der Waals surface area contributed by atoms with E-state index < -0.39 is 35.1 Å². The number of hydrogen-bond acceptors (Lipinski definition) is 15. The van der Waals surface area contributed by atoms with Gasteiger partial charge in [-0.25, -0.2) is 4.57 Å². The van der Waals surface area contributed by atoms with Crippen molar-refractivity contribution >= 4 is 106 Å². The molecule has 2 amide bonds. The maximum Gasteiger partial charge on any atom is 0.302 e. The van der Waals surface area contributed by atoms with E-state index >= 15 is 0 Å². The van der Waals surface area contributed by atoms with Crippen molar-refractivity contribution in [3.8, 4) is 0 Å². The molecule has 396 valence electrons. The number of pyridine rings is 2. The van der Waals surface area contributed by atoms with Gasteiger partial charge in [-0.3, -0.25) is 34.0 Å². The van der Waals surface area contributed by atoms with Crippen LogP contribution in [0.1, 0.15) is 66.0 Å². The Balaban J connectivity index is 0.000000176. The second-order valence-corrected chi connectivity index (χ2v) is 23.0. The fourth-order valence-corrected chi connectivity index (χ4v) is 12.6. The van der Waals surface area contributed by atoms with Crippen LogP contribution < -0.4 is 24.6 Å². The molecule has 18 heteroatoms. The van der Waals surface area contributed by atoms with Gasteiger partial charge in [-0.15, -0.1) is 34.9 Å². The first-order chi connectivity index (χ1) is 36.2. The van der Waals surface area contributed by atoms with Gasteiger partial charge in [0.25, 0.3) is 0 Å². The molecule has 0 aliphatic carbocycles. The summed E-state index contributed by atoms with van der Waals surface area (Å²) < 4.78 is 6.79. The zero-order valence-electron chi connectivity index (χ0n) is 43.7. The van der Waals surface area contributed by atoms with Gasteiger partial charge in [0.05, 0.1) is 50.8 Å². The molecule has 4 aliphatic heterocycles. The summed E-state index contributed by atoms with van der Waals surface area (Å²) in [6, 6.07) is 28.2. The molecule has 76 heavy (non-hydrogen) atoms. The smallest absolute Gasteiger partial charge is 0.302 e. The molecule has 5 aromatic rings. The molecule has 7 heterocycles.